The van der Waals surface area contributed by atoms with Crippen molar-refractivity contribution in [2.75, 3.05) is 7.11 Å². The van der Waals surface area contributed by atoms with Crippen LogP contribution in [0.15, 0.2) is 6.07 Å². The fourth-order valence-electron chi connectivity index (χ4n) is 1.93. The molecule has 4 heteroatoms. The molecule has 0 bridgehead atoms. The molecule has 2 rings (SSSR count). The minimum Gasteiger partial charge on any atom is -0.496 e. The number of benzene rings is 1. The van der Waals surface area contributed by atoms with Crippen molar-refractivity contribution in [2.45, 2.75) is 31.7 Å². The summed E-state index contributed by atoms with van der Waals surface area (Å²) in [5.74, 6) is 0.155. The molecule has 0 saturated heterocycles. The topological polar surface area (TPSA) is 35.2 Å². The molecule has 0 aliphatic heterocycles. The van der Waals surface area contributed by atoms with E-state index in [1.54, 1.807) is 13.0 Å². The van der Waals surface area contributed by atoms with Crippen molar-refractivity contribution < 1.29 is 9.13 Å². The standard InChI is InChI=1S/C12H15ClFNO/c1-7-10(14)9(13)5-8(11(7)16-2)6-12(15)3-4-12/h5H,3-4,6,15H2,1-2H3. The van der Waals surface area contributed by atoms with Crippen LogP contribution in [-0.4, -0.2) is 12.6 Å². The summed E-state index contributed by atoms with van der Waals surface area (Å²) in [6, 6.07) is 1.62. The van der Waals surface area contributed by atoms with Gasteiger partial charge in [-0.25, -0.2) is 4.39 Å². The van der Waals surface area contributed by atoms with Crippen molar-refractivity contribution in [2.24, 2.45) is 5.73 Å². The van der Waals surface area contributed by atoms with Crippen LogP contribution in [0.1, 0.15) is 24.0 Å². The number of hydrogen-bond acceptors (Lipinski definition) is 2. The third kappa shape index (κ3) is 2.02. The zero-order valence-corrected chi connectivity index (χ0v) is 10.2. The van der Waals surface area contributed by atoms with E-state index in [0.717, 1.165) is 18.4 Å². The number of methoxy groups -OCH3 is 1. The number of hydrogen-bond donors (Lipinski definition) is 1. The van der Waals surface area contributed by atoms with Gasteiger partial charge >= 0.3 is 0 Å². The first kappa shape index (κ1) is 11.7. The van der Waals surface area contributed by atoms with Gasteiger partial charge in [-0.2, -0.15) is 0 Å². The Balaban J connectivity index is 2.43. The lowest BCUT2D eigenvalue weighted by Crippen LogP contribution is -2.25. The van der Waals surface area contributed by atoms with Crippen LogP contribution in [0.25, 0.3) is 0 Å². The first-order valence-electron chi connectivity index (χ1n) is 5.27. The Morgan fingerprint density at radius 3 is 2.69 bits per heavy atom. The lowest BCUT2D eigenvalue weighted by molar-refractivity contribution is 0.399. The molecule has 1 aromatic carbocycles. The van der Waals surface area contributed by atoms with E-state index in [2.05, 4.69) is 0 Å². The summed E-state index contributed by atoms with van der Waals surface area (Å²) in [5, 5.41) is 0.137. The molecule has 0 heterocycles. The highest BCUT2D eigenvalue weighted by molar-refractivity contribution is 6.31. The van der Waals surface area contributed by atoms with Crippen LogP contribution in [0.3, 0.4) is 0 Å². The van der Waals surface area contributed by atoms with E-state index in [-0.39, 0.29) is 10.6 Å². The Kier molecular flexibility index (Phi) is 2.84. The number of ether oxygens (including phenoxy) is 1. The van der Waals surface area contributed by atoms with Crippen molar-refractivity contribution in [3.05, 3.63) is 28.0 Å². The van der Waals surface area contributed by atoms with Crippen molar-refractivity contribution in [3.8, 4) is 5.75 Å². The molecule has 0 radical (unpaired) electrons. The molecule has 16 heavy (non-hydrogen) atoms. The quantitative estimate of drug-likeness (QED) is 0.886. The predicted molar refractivity (Wildman–Crippen MR) is 62.6 cm³/mol. The largest absolute Gasteiger partial charge is 0.496 e. The molecular weight excluding hydrogens is 229 g/mol. The second kappa shape index (κ2) is 3.90. The van der Waals surface area contributed by atoms with E-state index >= 15 is 0 Å². The normalized spacial score (nSPS) is 17.3. The van der Waals surface area contributed by atoms with Gasteiger partial charge in [0.2, 0.25) is 0 Å². The Hall–Kier alpha value is -0.800. The minimum absolute atomic E-state index is 0.137. The summed E-state index contributed by atoms with van der Waals surface area (Å²) in [5.41, 5.74) is 7.26. The third-order valence-corrected chi connectivity index (χ3v) is 3.39. The number of nitrogens with two attached hydrogens (primary N) is 1. The Labute approximate surface area is 99.5 Å². The van der Waals surface area contributed by atoms with Crippen LogP contribution < -0.4 is 10.5 Å². The lowest BCUT2D eigenvalue weighted by Gasteiger charge is -2.16. The predicted octanol–water partition coefficient (Wildman–Crippen LogP) is 2.83. The second-order valence-electron chi connectivity index (χ2n) is 4.53. The molecular formula is C12H15ClFNO. The van der Waals surface area contributed by atoms with Gasteiger partial charge in [-0.1, -0.05) is 11.6 Å². The zero-order valence-electron chi connectivity index (χ0n) is 9.44. The molecule has 1 aromatic rings. The van der Waals surface area contributed by atoms with E-state index in [1.807, 2.05) is 0 Å². The summed E-state index contributed by atoms with van der Waals surface area (Å²) in [6.45, 7) is 1.67. The number of rotatable bonds is 3. The van der Waals surface area contributed by atoms with Gasteiger partial charge in [0.15, 0.2) is 0 Å². The highest BCUT2D eigenvalue weighted by Gasteiger charge is 2.39. The van der Waals surface area contributed by atoms with E-state index in [0.29, 0.717) is 17.7 Å². The van der Waals surface area contributed by atoms with Crippen LogP contribution in [0.2, 0.25) is 5.02 Å². The maximum Gasteiger partial charge on any atom is 0.148 e. The molecule has 2 nitrogen and oxygen atoms in total. The van der Waals surface area contributed by atoms with Crippen LogP contribution in [-0.2, 0) is 6.42 Å². The number of halogens is 2. The summed E-state index contributed by atoms with van der Waals surface area (Å²) >= 11 is 5.83. The molecule has 1 aliphatic carbocycles. The van der Waals surface area contributed by atoms with Crippen LogP contribution >= 0.6 is 11.6 Å². The molecule has 0 unspecified atom stereocenters. The van der Waals surface area contributed by atoms with Gasteiger partial charge in [-0.05, 0) is 37.8 Å². The molecule has 0 amide bonds. The zero-order chi connectivity index (χ0) is 11.9. The van der Waals surface area contributed by atoms with Gasteiger partial charge in [0, 0.05) is 11.1 Å². The van der Waals surface area contributed by atoms with Crippen LogP contribution in [0, 0.1) is 12.7 Å². The first-order chi connectivity index (χ1) is 7.47. The minimum atomic E-state index is -0.413. The maximum absolute atomic E-state index is 13.6. The summed E-state index contributed by atoms with van der Waals surface area (Å²) < 4.78 is 18.8. The van der Waals surface area contributed by atoms with Gasteiger partial charge in [0.1, 0.15) is 11.6 Å². The summed E-state index contributed by atoms with van der Waals surface area (Å²) in [7, 11) is 1.54. The maximum atomic E-state index is 13.6. The molecule has 2 N–H and O–H groups in total. The van der Waals surface area contributed by atoms with Crippen molar-refractivity contribution >= 4 is 11.6 Å². The SMILES string of the molecule is COc1c(CC2(N)CC2)cc(Cl)c(F)c1C. The molecule has 1 aliphatic rings. The highest BCUT2D eigenvalue weighted by atomic mass is 35.5. The lowest BCUT2D eigenvalue weighted by atomic mass is 10.0. The van der Waals surface area contributed by atoms with Crippen molar-refractivity contribution in [3.63, 3.8) is 0 Å². The van der Waals surface area contributed by atoms with Crippen molar-refractivity contribution in [1.29, 1.82) is 0 Å². The third-order valence-electron chi connectivity index (χ3n) is 3.11. The average molecular weight is 244 g/mol. The summed E-state index contributed by atoms with van der Waals surface area (Å²) in [4.78, 5) is 0. The Bertz CT molecular complexity index is 430. The fraction of sp³-hybridized carbons (Fsp3) is 0.500. The molecule has 1 fully saturated rings. The molecule has 0 spiro atoms. The molecule has 0 aromatic heterocycles. The van der Waals surface area contributed by atoms with Gasteiger partial charge in [0.25, 0.3) is 0 Å². The van der Waals surface area contributed by atoms with Gasteiger partial charge in [0.05, 0.1) is 12.1 Å². The van der Waals surface area contributed by atoms with E-state index in [1.165, 1.54) is 7.11 Å². The van der Waals surface area contributed by atoms with Crippen LogP contribution in [0.4, 0.5) is 4.39 Å². The van der Waals surface area contributed by atoms with Crippen LogP contribution in [0.5, 0.6) is 5.75 Å². The molecule has 1 saturated carbocycles. The van der Waals surface area contributed by atoms with E-state index < -0.39 is 5.82 Å². The second-order valence-corrected chi connectivity index (χ2v) is 4.94. The van der Waals surface area contributed by atoms with Gasteiger partial charge in [-0.3, -0.25) is 0 Å². The molecule has 88 valence electrons. The van der Waals surface area contributed by atoms with E-state index in [9.17, 15) is 4.39 Å². The highest BCUT2D eigenvalue weighted by Crippen LogP contribution is 2.40. The molecule has 0 atom stereocenters. The Morgan fingerprint density at radius 2 is 2.19 bits per heavy atom. The summed E-state index contributed by atoms with van der Waals surface area (Å²) in [6.07, 6.45) is 2.70. The Morgan fingerprint density at radius 1 is 1.56 bits per heavy atom. The van der Waals surface area contributed by atoms with E-state index in [4.69, 9.17) is 22.1 Å². The first-order valence-corrected chi connectivity index (χ1v) is 5.65. The van der Waals surface area contributed by atoms with Gasteiger partial charge in [-0.15, -0.1) is 0 Å². The van der Waals surface area contributed by atoms with Gasteiger partial charge < -0.3 is 10.5 Å². The smallest absolute Gasteiger partial charge is 0.148 e. The fourth-order valence-corrected chi connectivity index (χ4v) is 2.21. The monoisotopic (exact) mass is 243 g/mol. The van der Waals surface area contributed by atoms with Crippen molar-refractivity contribution in [1.82, 2.24) is 0 Å². The average Bonchev–Trinajstić information content (AvgIpc) is 2.93.